The van der Waals surface area contributed by atoms with Gasteiger partial charge in [0.05, 0.1) is 34.3 Å². The van der Waals surface area contributed by atoms with Crippen molar-refractivity contribution in [2.24, 2.45) is 0 Å². The number of sulfone groups is 1. The third-order valence-corrected chi connectivity index (χ3v) is 6.80. The van der Waals surface area contributed by atoms with Crippen molar-refractivity contribution in [2.45, 2.75) is 43.6 Å². The molecule has 0 unspecified atom stereocenters. The van der Waals surface area contributed by atoms with Crippen molar-refractivity contribution in [2.75, 3.05) is 26.0 Å². The van der Waals surface area contributed by atoms with Crippen LogP contribution in [-0.2, 0) is 14.6 Å². The van der Waals surface area contributed by atoms with Crippen molar-refractivity contribution in [1.29, 1.82) is 0 Å². The van der Waals surface area contributed by atoms with E-state index in [1.807, 2.05) is 6.07 Å². The number of pyridine rings is 1. The highest BCUT2D eigenvalue weighted by atomic mass is 32.2. The van der Waals surface area contributed by atoms with Crippen LogP contribution < -0.4 is 4.74 Å². The molecule has 1 fully saturated rings. The molecule has 0 N–H and O–H groups in total. The first-order chi connectivity index (χ1) is 15.9. The second-order valence-electron chi connectivity index (χ2n) is 8.14. The summed E-state index contributed by atoms with van der Waals surface area (Å²) in [6.45, 7) is 3.68. The van der Waals surface area contributed by atoms with E-state index in [0.29, 0.717) is 38.4 Å². The molecule has 3 aromatic rings. The van der Waals surface area contributed by atoms with Crippen molar-refractivity contribution in [3.63, 3.8) is 0 Å². The first-order valence-electron chi connectivity index (χ1n) is 11.1. The lowest BCUT2D eigenvalue weighted by atomic mass is 10.1. The minimum Gasteiger partial charge on any atom is -0.474 e. The maximum atomic E-state index is 12.1. The molecule has 0 bridgehead atoms. The van der Waals surface area contributed by atoms with Gasteiger partial charge in [0, 0.05) is 38.4 Å². The third-order valence-electron chi connectivity index (χ3n) is 5.67. The molecule has 1 saturated heterocycles. The molecule has 33 heavy (non-hydrogen) atoms. The van der Waals surface area contributed by atoms with Gasteiger partial charge in [0.2, 0.25) is 5.88 Å². The quantitative estimate of drug-likeness (QED) is 0.484. The van der Waals surface area contributed by atoms with Gasteiger partial charge < -0.3 is 14.4 Å². The molecule has 0 saturated carbocycles. The fourth-order valence-electron chi connectivity index (χ4n) is 3.77. The molecular weight excluding hydrogens is 444 g/mol. The summed E-state index contributed by atoms with van der Waals surface area (Å²) in [6, 6.07) is 8.42. The lowest BCUT2D eigenvalue weighted by Gasteiger charge is -2.31. The number of aromatic nitrogens is 3. The third kappa shape index (κ3) is 5.27. The van der Waals surface area contributed by atoms with Gasteiger partial charge in [0.15, 0.2) is 9.84 Å². The molecule has 1 aliphatic rings. The number of carbonyl (C=O) groups excluding carboxylic acids is 1. The van der Waals surface area contributed by atoms with Crippen molar-refractivity contribution in [3.05, 3.63) is 42.7 Å². The summed E-state index contributed by atoms with van der Waals surface area (Å²) in [5.41, 5.74) is 1.55. The Balaban J connectivity index is 1.44. The number of hydrogen-bond donors (Lipinski definition) is 0. The van der Waals surface area contributed by atoms with Crippen LogP contribution in [0.2, 0.25) is 0 Å². The molecule has 1 amide bonds. The van der Waals surface area contributed by atoms with Crippen LogP contribution in [0.5, 0.6) is 5.88 Å². The number of nitrogens with zero attached hydrogens (tertiary/aromatic N) is 4. The molecule has 9 nitrogen and oxygen atoms in total. The van der Waals surface area contributed by atoms with Crippen LogP contribution in [0.4, 0.5) is 4.79 Å². The van der Waals surface area contributed by atoms with E-state index in [1.165, 1.54) is 6.26 Å². The van der Waals surface area contributed by atoms with Gasteiger partial charge in [-0.2, -0.15) is 5.10 Å². The second kappa shape index (κ2) is 9.78. The van der Waals surface area contributed by atoms with E-state index in [2.05, 4.69) is 17.0 Å². The van der Waals surface area contributed by atoms with Gasteiger partial charge in [-0.3, -0.25) is 0 Å². The number of rotatable bonds is 7. The molecule has 4 rings (SSSR count). The zero-order valence-corrected chi connectivity index (χ0v) is 19.6. The lowest BCUT2D eigenvalue weighted by Crippen LogP contribution is -2.42. The lowest BCUT2D eigenvalue weighted by molar-refractivity contribution is 0.0661. The molecule has 0 atom stereocenters. The largest absolute Gasteiger partial charge is 0.474 e. The molecule has 3 heterocycles. The van der Waals surface area contributed by atoms with E-state index < -0.39 is 9.84 Å². The smallest absolute Gasteiger partial charge is 0.409 e. The van der Waals surface area contributed by atoms with Crippen molar-refractivity contribution in [3.8, 4) is 11.6 Å². The number of ether oxygens (including phenoxy) is 2. The van der Waals surface area contributed by atoms with Gasteiger partial charge in [-0.05, 0) is 36.8 Å². The molecule has 1 aliphatic heterocycles. The zero-order chi connectivity index (χ0) is 23.4. The summed E-state index contributed by atoms with van der Waals surface area (Å²) >= 11 is 0. The molecule has 1 aromatic carbocycles. The summed E-state index contributed by atoms with van der Waals surface area (Å²) in [4.78, 5) is 18.5. The molecule has 0 radical (unpaired) electrons. The van der Waals surface area contributed by atoms with Crippen LogP contribution in [0.1, 0.15) is 32.6 Å². The minimum atomic E-state index is -3.26. The Hall–Kier alpha value is -3.14. The van der Waals surface area contributed by atoms with Crippen molar-refractivity contribution < 1.29 is 22.7 Å². The summed E-state index contributed by atoms with van der Waals surface area (Å²) < 4.78 is 36.6. The number of unbranched alkanes of at least 4 members (excludes halogenated alkanes) is 1. The van der Waals surface area contributed by atoms with Gasteiger partial charge in [-0.15, -0.1) is 0 Å². The van der Waals surface area contributed by atoms with Crippen LogP contribution >= 0.6 is 0 Å². The number of benzene rings is 1. The van der Waals surface area contributed by atoms with Crippen molar-refractivity contribution >= 4 is 26.8 Å². The molecule has 0 aliphatic carbocycles. The SMILES string of the molecule is CCCCOC(=O)N1CCC(Oc2nccc3c2cnn3-c2ccc(S(C)(=O)=O)cc2)CC1. The Labute approximate surface area is 193 Å². The van der Waals surface area contributed by atoms with Gasteiger partial charge in [-0.1, -0.05) is 13.3 Å². The van der Waals surface area contributed by atoms with E-state index in [1.54, 1.807) is 46.2 Å². The summed E-state index contributed by atoms with van der Waals surface area (Å²) in [7, 11) is -3.26. The highest BCUT2D eigenvalue weighted by molar-refractivity contribution is 7.90. The van der Waals surface area contributed by atoms with E-state index >= 15 is 0 Å². The first kappa shape index (κ1) is 23.0. The van der Waals surface area contributed by atoms with Crippen LogP contribution in [0.15, 0.2) is 47.6 Å². The monoisotopic (exact) mass is 472 g/mol. The average Bonchev–Trinajstić information content (AvgIpc) is 3.24. The van der Waals surface area contributed by atoms with Crippen LogP contribution in [0.25, 0.3) is 16.6 Å². The summed E-state index contributed by atoms with van der Waals surface area (Å²) in [6.07, 6.45) is 7.49. The highest BCUT2D eigenvalue weighted by Crippen LogP contribution is 2.28. The number of hydrogen-bond acceptors (Lipinski definition) is 7. The van der Waals surface area contributed by atoms with E-state index in [0.717, 1.165) is 29.4 Å². The standard InChI is InChI=1S/C23H28N4O5S/c1-3-4-15-31-23(28)26-13-10-18(11-14-26)32-22-20-16-25-27(21(20)9-12-24-22)17-5-7-19(8-6-17)33(2,29)30/h5-9,12,16,18H,3-4,10-11,13-15H2,1-2H3. The van der Waals surface area contributed by atoms with Gasteiger partial charge in [0.25, 0.3) is 0 Å². The molecule has 176 valence electrons. The van der Waals surface area contributed by atoms with E-state index in [4.69, 9.17) is 9.47 Å². The van der Waals surface area contributed by atoms with E-state index in [-0.39, 0.29) is 17.1 Å². The molecule has 0 spiro atoms. The van der Waals surface area contributed by atoms with Gasteiger partial charge >= 0.3 is 6.09 Å². The predicted octanol–water partition coefficient (Wildman–Crippen LogP) is 3.60. The zero-order valence-electron chi connectivity index (χ0n) is 18.8. The number of likely N-dealkylation sites (tertiary alicyclic amines) is 1. The highest BCUT2D eigenvalue weighted by Gasteiger charge is 2.26. The number of piperidine rings is 1. The average molecular weight is 473 g/mol. The van der Waals surface area contributed by atoms with Gasteiger partial charge in [0.1, 0.15) is 6.10 Å². The van der Waals surface area contributed by atoms with Crippen molar-refractivity contribution in [1.82, 2.24) is 19.7 Å². The Morgan fingerprint density at radius 2 is 1.88 bits per heavy atom. The summed E-state index contributed by atoms with van der Waals surface area (Å²) in [5, 5.41) is 5.23. The Morgan fingerprint density at radius 3 is 2.55 bits per heavy atom. The Morgan fingerprint density at radius 1 is 1.15 bits per heavy atom. The minimum absolute atomic E-state index is 0.0554. The van der Waals surface area contributed by atoms with E-state index in [9.17, 15) is 13.2 Å². The fraction of sp³-hybridized carbons (Fsp3) is 0.435. The Bertz CT molecular complexity index is 1220. The normalized spacial score (nSPS) is 15.0. The summed E-state index contributed by atoms with van der Waals surface area (Å²) in [5.74, 6) is 0.496. The number of fused-ring (bicyclic) bond motifs is 1. The molecule has 10 heteroatoms. The van der Waals surface area contributed by atoms with Gasteiger partial charge in [-0.25, -0.2) is 22.9 Å². The van der Waals surface area contributed by atoms with Crippen LogP contribution in [0.3, 0.4) is 0 Å². The first-order valence-corrected chi connectivity index (χ1v) is 13.0. The molecule has 2 aromatic heterocycles. The van der Waals surface area contributed by atoms with Crippen LogP contribution in [0, 0.1) is 0 Å². The predicted molar refractivity (Wildman–Crippen MR) is 123 cm³/mol. The maximum absolute atomic E-state index is 12.1. The number of carbonyl (C=O) groups is 1. The molecular formula is C23H28N4O5S. The number of amides is 1. The maximum Gasteiger partial charge on any atom is 0.409 e. The van der Waals surface area contributed by atoms with Crippen LogP contribution in [-0.4, -0.2) is 66.2 Å². The topological polar surface area (TPSA) is 104 Å². The Kier molecular flexibility index (Phi) is 6.83. The second-order valence-corrected chi connectivity index (χ2v) is 10.2. The fourth-order valence-corrected chi connectivity index (χ4v) is 4.40.